The van der Waals surface area contributed by atoms with E-state index in [4.69, 9.17) is 0 Å². The monoisotopic (exact) mass is 315 g/mol. The molecule has 1 unspecified atom stereocenters. The van der Waals surface area contributed by atoms with Crippen molar-refractivity contribution in [2.45, 2.75) is 51.2 Å². The fourth-order valence-corrected chi connectivity index (χ4v) is 4.90. The van der Waals surface area contributed by atoms with Crippen LogP contribution in [0.15, 0.2) is 17.0 Å². The molecule has 1 N–H and O–H groups in total. The van der Waals surface area contributed by atoms with Crippen LogP contribution in [0.5, 0.6) is 0 Å². The molecule has 1 saturated heterocycles. The number of sulfonamides is 1. The van der Waals surface area contributed by atoms with Gasteiger partial charge in [-0.15, -0.1) is 0 Å². The number of benzene rings is 1. The molecule has 1 aromatic carbocycles. The summed E-state index contributed by atoms with van der Waals surface area (Å²) in [5.41, 5.74) is 0.259. The highest BCUT2D eigenvalue weighted by molar-refractivity contribution is 7.89. The van der Waals surface area contributed by atoms with Gasteiger partial charge < -0.3 is 5.11 Å². The first-order valence-electron chi connectivity index (χ1n) is 7.20. The molecule has 1 aromatic rings. The van der Waals surface area contributed by atoms with Crippen molar-refractivity contribution >= 4 is 10.0 Å². The molecule has 0 aliphatic carbocycles. The van der Waals surface area contributed by atoms with E-state index in [1.54, 1.807) is 0 Å². The van der Waals surface area contributed by atoms with Crippen LogP contribution in [0.4, 0.5) is 4.39 Å². The molecule has 4 nitrogen and oxygen atoms in total. The summed E-state index contributed by atoms with van der Waals surface area (Å²) in [7, 11) is -3.65. The maximum absolute atomic E-state index is 13.8. The van der Waals surface area contributed by atoms with E-state index in [9.17, 15) is 17.9 Å². The molecule has 21 heavy (non-hydrogen) atoms. The van der Waals surface area contributed by atoms with Crippen LogP contribution in [0.3, 0.4) is 0 Å². The smallest absolute Gasteiger partial charge is 0.243 e. The maximum Gasteiger partial charge on any atom is 0.243 e. The molecule has 0 amide bonds. The van der Waals surface area contributed by atoms with Crippen molar-refractivity contribution < 1.29 is 17.9 Å². The second-order valence-electron chi connectivity index (χ2n) is 5.94. The number of hydrogen-bond acceptors (Lipinski definition) is 3. The van der Waals surface area contributed by atoms with Gasteiger partial charge in [-0.3, -0.25) is 0 Å². The summed E-state index contributed by atoms with van der Waals surface area (Å²) in [6, 6.07) is 2.57. The largest absolute Gasteiger partial charge is 0.392 e. The molecule has 0 spiro atoms. The van der Waals surface area contributed by atoms with E-state index >= 15 is 0 Å². The third-order valence-electron chi connectivity index (χ3n) is 4.10. The Bertz CT molecular complexity index is 628. The standard InChI is InChI=1S/C15H22FNO3S/c1-10(2)14-5-4-6-17(14)21(19,20)13-7-11(3)15(16)12(8-13)9-18/h7-8,10,14,18H,4-6,9H2,1-3H3. The summed E-state index contributed by atoms with van der Waals surface area (Å²) in [5.74, 6) is -0.306. The molecule has 2 rings (SSSR count). The highest BCUT2D eigenvalue weighted by Gasteiger charge is 2.37. The maximum atomic E-state index is 13.8. The van der Waals surface area contributed by atoms with Gasteiger partial charge >= 0.3 is 0 Å². The molecule has 118 valence electrons. The Balaban J connectivity index is 2.47. The van der Waals surface area contributed by atoms with Gasteiger partial charge in [0.15, 0.2) is 0 Å². The first-order chi connectivity index (χ1) is 9.78. The van der Waals surface area contributed by atoms with Gasteiger partial charge in [0.1, 0.15) is 5.82 Å². The van der Waals surface area contributed by atoms with Crippen molar-refractivity contribution in [2.24, 2.45) is 5.92 Å². The number of halogens is 1. The van der Waals surface area contributed by atoms with E-state index in [-0.39, 0.29) is 28.0 Å². The fourth-order valence-electron chi connectivity index (χ4n) is 2.94. The topological polar surface area (TPSA) is 57.6 Å². The minimum Gasteiger partial charge on any atom is -0.392 e. The van der Waals surface area contributed by atoms with Gasteiger partial charge in [-0.1, -0.05) is 13.8 Å². The molecule has 0 aromatic heterocycles. The van der Waals surface area contributed by atoms with E-state index in [0.29, 0.717) is 6.54 Å². The summed E-state index contributed by atoms with van der Waals surface area (Å²) < 4.78 is 40.9. The Labute approximate surface area is 125 Å². The second kappa shape index (κ2) is 6.02. The average molecular weight is 315 g/mol. The van der Waals surface area contributed by atoms with Gasteiger partial charge in [0.05, 0.1) is 11.5 Å². The SMILES string of the molecule is Cc1cc(S(=O)(=O)N2CCCC2C(C)C)cc(CO)c1F. The quantitative estimate of drug-likeness (QED) is 0.928. The van der Waals surface area contributed by atoms with Crippen LogP contribution in [-0.4, -0.2) is 30.4 Å². The lowest BCUT2D eigenvalue weighted by Gasteiger charge is -2.27. The van der Waals surface area contributed by atoms with Gasteiger partial charge in [0, 0.05) is 18.2 Å². The highest BCUT2D eigenvalue weighted by Crippen LogP contribution is 2.31. The van der Waals surface area contributed by atoms with Gasteiger partial charge in [-0.2, -0.15) is 4.31 Å². The van der Waals surface area contributed by atoms with Crippen LogP contribution in [0.1, 0.15) is 37.8 Å². The molecule has 0 bridgehead atoms. The van der Waals surface area contributed by atoms with Crippen molar-refractivity contribution in [2.75, 3.05) is 6.54 Å². The van der Waals surface area contributed by atoms with Crippen molar-refractivity contribution in [3.05, 3.63) is 29.1 Å². The molecule has 0 radical (unpaired) electrons. The third-order valence-corrected chi connectivity index (χ3v) is 6.00. The van der Waals surface area contributed by atoms with Crippen LogP contribution >= 0.6 is 0 Å². The number of nitrogens with zero attached hydrogens (tertiary/aromatic N) is 1. The number of hydrogen-bond donors (Lipinski definition) is 1. The zero-order valence-corrected chi connectivity index (χ0v) is 13.5. The Morgan fingerprint density at radius 2 is 2.10 bits per heavy atom. The lowest BCUT2D eigenvalue weighted by atomic mass is 10.0. The molecular formula is C15H22FNO3S. The molecular weight excluding hydrogens is 293 g/mol. The van der Waals surface area contributed by atoms with Crippen LogP contribution in [-0.2, 0) is 16.6 Å². The van der Waals surface area contributed by atoms with Gasteiger partial charge in [-0.05, 0) is 43.4 Å². The van der Waals surface area contributed by atoms with Gasteiger partial charge in [-0.25, -0.2) is 12.8 Å². The molecule has 1 aliphatic heterocycles. The minimum atomic E-state index is -3.65. The second-order valence-corrected chi connectivity index (χ2v) is 7.83. The minimum absolute atomic E-state index is 0.0158. The Morgan fingerprint density at radius 1 is 1.43 bits per heavy atom. The van der Waals surface area contributed by atoms with E-state index in [2.05, 4.69) is 0 Å². The zero-order valence-electron chi connectivity index (χ0n) is 12.6. The summed E-state index contributed by atoms with van der Waals surface area (Å²) >= 11 is 0. The zero-order chi connectivity index (χ0) is 15.8. The lowest BCUT2D eigenvalue weighted by molar-refractivity contribution is 0.275. The summed E-state index contributed by atoms with van der Waals surface area (Å²) in [6.07, 6.45) is 1.69. The average Bonchev–Trinajstić information content (AvgIpc) is 2.91. The lowest BCUT2D eigenvalue weighted by Crippen LogP contribution is -2.38. The summed E-state index contributed by atoms with van der Waals surface area (Å²) in [5, 5.41) is 9.19. The van der Waals surface area contributed by atoms with Gasteiger partial charge in [0.25, 0.3) is 0 Å². The summed E-state index contributed by atoms with van der Waals surface area (Å²) in [6.45, 7) is 5.51. The van der Waals surface area contributed by atoms with Crippen molar-refractivity contribution in [1.82, 2.24) is 4.31 Å². The van der Waals surface area contributed by atoms with Crippen molar-refractivity contribution in [3.8, 4) is 0 Å². The first-order valence-corrected chi connectivity index (χ1v) is 8.64. The number of aliphatic hydroxyl groups excluding tert-OH is 1. The normalized spacial score (nSPS) is 20.4. The van der Waals surface area contributed by atoms with Gasteiger partial charge in [0.2, 0.25) is 10.0 Å². The van der Waals surface area contributed by atoms with Crippen molar-refractivity contribution in [1.29, 1.82) is 0 Å². The van der Waals surface area contributed by atoms with Crippen LogP contribution in [0.25, 0.3) is 0 Å². The Hall–Kier alpha value is -0.980. The summed E-state index contributed by atoms with van der Waals surface area (Å²) in [4.78, 5) is 0.0676. The molecule has 1 fully saturated rings. The van der Waals surface area contributed by atoms with E-state index in [1.165, 1.54) is 23.4 Å². The predicted molar refractivity (Wildman–Crippen MR) is 78.8 cm³/mol. The van der Waals surface area contributed by atoms with Crippen LogP contribution < -0.4 is 0 Å². The highest BCUT2D eigenvalue weighted by atomic mass is 32.2. The Morgan fingerprint density at radius 3 is 2.67 bits per heavy atom. The molecule has 1 atom stereocenters. The molecule has 6 heteroatoms. The van der Waals surface area contributed by atoms with E-state index < -0.39 is 22.4 Å². The van der Waals surface area contributed by atoms with Crippen LogP contribution in [0, 0.1) is 18.7 Å². The third kappa shape index (κ3) is 2.98. The van der Waals surface area contributed by atoms with E-state index in [1.807, 2.05) is 13.8 Å². The molecule has 0 saturated carbocycles. The molecule has 1 heterocycles. The Kier molecular flexibility index (Phi) is 4.70. The van der Waals surface area contributed by atoms with Crippen molar-refractivity contribution in [3.63, 3.8) is 0 Å². The fraction of sp³-hybridized carbons (Fsp3) is 0.600. The number of aliphatic hydroxyl groups is 1. The van der Waals surface area contributed by atoms with Crippen LogP contribution in [0.2, 0.25) is 0 Å². The number of rotatable bonds is 4. The van der Waals surface area contributed by atoms with E-state index in [0.717, 1.165) is 12.8 Å². The first kappa shape index (κ1) is 16.4. The predicted octanol–water partition coefficient (Wildman–Crippen LogP) is 2.44. The molecule has 1 aliphatic rings. The number of aryl methyl sites for hydroxylation is 1.